The van der Waals surface area contributed by atoms with Gasteiger partial charge in [-0.2, -0.15) is 0 Å². The van der Waals surface area contributed by atoms with Gasteiger partial charge >= 0.3 is 0 Å². The molecule has 0 amide bonds. The lowest BCUT2D eigenvalue weighted by Crippen LogP contribution is -2.25. The largest absolute Gasteiger partial charge is 0.454 e. The van der Waals surface area contributed by atoms with E-state index < -0.39 is 6.04 Å². The Kier molecular flexibility index (Phi) is 5.08. The van der Waals surface area contributed by atoms with Gasteiger partial charge in [0.1, 0.15) is 5.58 Å². The van der Waals surface area contributed by atoms with E-state index in [-0.39, 0.29) is 0 Å². The predicted octanol–water partition coefficient (Wildman–Crippen LogP) is 6.51. The van der Waals surface area contributed by atoms with Crippen LogP contribution in [0.2, 0.25) is 5.02 Å². The predicted molar refractivity (Wildman–Crippen MR) is 133 cm³/mol. The fraction of sp³-hybridized carbons (Fsp3) is 0. The quantitative estimate of drug-likeness (QED) is 0.293. The van der Waals surface area contributed by atoms with Crippen LogP contribution in [0, 0.1) is 0 Å². The van der Waals surface area contributed by atoms with Crippen molar-refractivity contribution in [3.05, 3.63) is 114 Å². The van der Waals surface area contributed by atoms with Crippen LogP contribution < -0.4 is 16.1 Å². The van der Waals surface area contributed by atoms with Gasteiger partial charge in [0, 0.05) is 22.0 Å². The number of furan rings is 1. The van der Waals surface area contributed by atoms with Crippen molar-refractivity contribution in [1.29, 1.82) is 0 Å². The molecular formula is C26H18ClOPS. The van der Waals surface area contributed by atoms with Gasteiger partial charge < -0.3 is 4.42 Å². The summed E-state index contributed by atoms with van der Waals surface area (Å²) in [7, 11) is 0. The Morgan fingerprint density at radius 2 is 1.20 bits per heavy atom. The van der Waals surface area contributed by atoms with Gasteiger partial charge in [-0.1, -0.05) is 114 Å². The van der Waals surface area contributed by atoms with Crippen LogP contribution in [0.1, 0.15) is 0 Å². The number of hydrogen-bond acceptors (Lipinski definition) is 2. The van der Waals surface area contributed by atoms with E-state index in [0.717, 1.165) is 38.2 Å². The first-order chi connectivity index (χ1) is 14.7. The highest BCUT2D eigenvalue weighted by Gasteiger charge is 2.32. The highest BCUT2D eigenvalue weighted by Crippen LogP contribution is 2.48. The summed E-state index contributed by atoms with van der Waals surface area (Å²) in [5, 5.41) is 3.89. The normalized spacial score (nSPS) is 11.6. The average Bonchev–Trinajstić information content (AvgIpc) is 3.19. The van der Waals surface area contributed by atoms with Crippen LogP contribution in [0.25, 0.3) is 22.1 Å². The zero-order valence-corrected chi connectivity index (χ0v) is 18.5. The van der Waals surface area contributed by atoms with Crippen molar-refractivity contribution in [2.45, 2.75) is 0 Å². The lowest BCUT2D eigenvalue weighted by molar-refractivity contribution is 0.655. The van der Waals surface area contributed by atoms with Gasteiger partial charge in [-0.05, 0) is 28.3 Å². The molecule has 1 heterocycles. The fourth-order valence-corrected chi connectivity index (χ4v) is 7.84. The van der Waals surface area contributed by atoms with Crippen molar-refractivity contribution in [3.63, 3.8) is 0 Å². The van der Waals surface area contributed by atoms with Crippen LogP contribution >= 0.6 is 17.6 Å². The van der Waals surface area contributed by atoms with E-state index in [1.54, 1.807) is 0 Å². The van der Waals surface area contributed by atoms with Crippen molar-refractivity contribution in [1.82, 2.24) is 0 Å². The van der Waals surface area contributed by atoms with Gasteiger partial charge in [0.25, 0.3) is 0 Å². The van der Waals surface area contributed by atoms with E-state index in [1.807, 2.05) is 72.8 Å². The zero-order valence-electron chi connectivity index (χ0n) is 16.0. The van der Waals surface area contributed by atoms with Crippen molar-refractivity contribution >= 4 is 56.5 Å². The SMILES string of the molecule is S=P(c1ccccc1)(c1ccccc1)c1oc2cc(Cl)ccc2c1-c1ccccc1. The molecule has 5 rings (SSSR count). The molecule has 0 aliphatic rings. The van der Waals surface area contributed by atoms with Crippen LogP contribution in [0.15, 0.2) is 114 Å². The lowest BCUT2D eigenvalue weighted by Gasteiger charge is -2.22. The van der Waals surface area contributed by atoms with Crippen LogP contribution in [0.3, 0.4) is 0 Å². The van der Waals surface area contributed by atoms with Crippen molar-refractivity contribution < 1.29 is 4.42 Å². The Balaban J connectivity index is 1.91. The maximum atomic E-state index is 6.57. The number of halogens is 1. The molecule has 0 atom stereocenters. The minimum Gasteiger partial charge on any atom is -0.454 e. The third kappa shape index (κ3) is 3.22. The van der Waals surface area contributed by atoms with Gasteiger partial charge in [-0.25, -0.2) is 0 Å². The molecule has 0 saturated heterocycles. The first-order valence-corrected chi connectivity index (χ1v) is 12.9. The Morgan fingerprint density at radius 1 is 0.667 bits per heavy atom. The molecule has 0 spiro atoms. The number of fused-ring (bicyclic) bond motifs is 1. The molecule has 4 heteroatoms. The van der Waals surface area contributed by atoms with E-state index in [9.17, 15) is 0 Å². The Morgan fingerprint density at radius 3 is 1.77 bits per heavy atom. The third-order valence-corrected chi connectivity index (χ3v) is 10.2. The van der Waals surface area contributed by atoms with Crippen LogP contribution in [0.4, 0.5) is 0 Å². The molecule has 0 saturated carbocycles. The van der Waals surface area contributed by atoms with Gasteiger partial charge in [-0.3, -0.25) is 0 Å². The minimum absolute atomic E-state index is 0.648. The molecular weight excluding hydrogens is 427 g/mol. The molecule has 146 valence electrons. The standard InChI is InChI=1S/C26H18ClOPS/c27-20-16-17-23-24(18-20)28-26(25(23)19-10-4-1-5-11-19)29(30,21-12-6-2-7-13-21)22-14-8-3-9-15-22/h1-18H. The van der Waals surface area contributed by atoms with Gasteiger partial charge in [0.2, 0.25) is 0 Å². The summed E-state index contributed by atoms with van der Waals surface area (Å²) >= 11 is 12.8. The van der Waals surface area contributed by atoms with Crippen LogP contribution in [-0.2, 0) is 11.8 Å². The fourth-order valence-electron chi connectivity index (χ4n) is 3.82. The molecule has 0 aliphatic heterocycles. The molecule has 5 aromatic rings. The summed E-state index contributed by atoms with van der Waals surface area (Å²) in [6, 6.07) is 34.4. The third-order valence-electron chi connectivity index (χ3n) is 5.22. The zero-order chi connectivity index (χ0) is 20.6. The molecule has 0 unspecified atom stereocenters. The Hall–Kier alpha value is -2.64. The van der Waals surface area contributed by atoms with Gasteiger partial charge in [-0.15, -0.1) is 0 Å². The summed E-state index contributed by atoms with van der Waals surface area (Å²) < 4.78 is 6.57. The van der Waals surface area contributed by atoms with E-state index in [1.165, 1.54) is 0 Å². The number of rotatable bonds is 4. The molecule has 0 radical (unpaired) electrons. The summed E-state index contributed by atoms with van der Waals surface area (Å²) in [6.07, 6.45) is 0. The highest BCUT2D eigenvalue weighted by molar-refractivity contribution is 8.25. The molecule has 0 fully saturated rings. The lowest BCUT2D eigenvalue weighted by atomic mass is 10.1. The van der Waals surface area contributed by atoms with Crippen LogP contribution in [-0.4, -0.2) is 0 Å². The summed E-state index contributed by atoms with van der Waals surface area (Å²) in [4.78, 5) is 0. The van der Waals surface area contributed by atoms with Gasteiger partial charge in [0.15, 0.2) is 5.50 Å². The Labute approximate surface area is 186 Å². The minimum atomic E-state index is -2.44. The first kappa shape index (κ1) is 19.3. The topological polar surface area (TPSA) is 13.1 Å². The van der Waals surface area contributed by atoms with E-state index in [4.69, 9.17) is 27.8 Å². The monoisotopic (exact) mass is 444 g/mol. The average molecular weight is 445 g/mol. The molecule has 0 bridgehead atoms. The highest BCUT2D eigenvalue weighted by atomic mass is 35.5. The van der Waals surface area contributed by atoms with Crippen molar-refractivity contribution in [3.8, 4) is 11.1 Å². The molecule has 0 N–H and O–H groups in total. The van der Waals surface area contributed by atoms with E-state index in [0.29, 0.717) is 5.02 Å². The van der Waals surface area contributed by atoms with Crippen LogP contribution in [0.5, 0.6) is 0 Å². The molecule has 4 aromatic carbocycles. The summed E-state index contributed by atoms with van der Waals surface area (Å²) in [5.74, 6) is 0. The molecule has 30 heavy (non-hydrogen) atoms. The maximum Gasteiger partial charge on any atom is 0.153 e. The second kappa shape index (κ2) is 7.89. The molecule has 1 nitrogen and oxygen atoms in total. The second-order valence-electron chi connectivity index (χ2n) is 7.07. The molecule has 0 aliphatic carbocycles. The smallest absolute Gasteiger partial charge is 0.153 e. The first-order valence-electron chi connectivity index (χ1n) is 9.67. The van der Waals surface area contributed by atoms with E-state index in [2.05, 4.69) is 36.4 Å². The molecule has 1 aromatic heterocycles. The number of hydrogen-bond donors (Lipinski definition) is 0. The number of benzene rings is 4. The Bertz CT molecular complexity index is 1320. The summed E-state index contributed by atoms with van der Waals surface area (Å²) in [5.41, 5.74) is 3.75. The summed E-state index contributed by atoms with van der Waals surface area (Å²) in [6.45, 7) is 0. The second-order valence-corrected chi connectivity index (χ2v) is 11.8. The van der Waals surface area contributed by atoms with Crippen molar-refractivity contribution in [2.24, 2.45) is 0 Å². The maximum absolute atomic E-state index is 6.57. The van der Waals surface area contributed by atoms with E-state index >= 15 is 0 Å². The van der Waals surface area contributed by atoms with Gasteiger partial charge in [0.05, 0.1) is 6.04 Å². The van der Waals surface area contributed by atoms with Crippen molar-refractivity contribution in [2.75, 3.05) is 0 Å².